The van der Waals surface area contributed by atoms with Gasteiger partial charge >= 0.3 is 0 Å². The number of rotatable bonds is 3. The maximum absolute atomic E-state index is 2.55. The summed E-state index contributed by atoms with van der Waals surface area (Å²) in [6.45, 7) is 2.40. The smallest absolute Gasteiger partial charge is 0.00336 e. The van der Waals surface area contributed by atoms with Gasteiger partial charge in [-0.15, -0.1) is 0 Å². The molecule has 1 saturated carbocycles. The van der Waals surface area contributed by atoms with Gasteiger partial charge in [0.1, 0.15) is 0 Å². The van der Waals surface area contributed by atoms with Crippen molar-refractivity contribution in [3.63, 3.8) is 0 Å². The van der Waals surface area contributed by atoms with Gasteiger partial charge in [0.05, 0.1) is 0 Å². The van der Waals surface area contributed by atoms with Crippen molar-refractivity contribution in [3.8, 4) is 0 Å². The van der Waals surface area contributed by atoms with Gasteiger partial charge < -0.3 is 0 Å². The van der Waals surface area contributed by atoms with Crippen LogP contribution in [0, 0.1) is 17.8 Å². The second-order valence-electron chi connectivity index (χ2n) is 4.09. The van der Waals surface area contributed by atoms with Crippen LogP contribution < -0.4 is 0 Å². The first kappa shape index (κ1) is 11.5. The van der Waals surface area contributed by atoms with Crippen molar-refractivity contribution in [3.05, 3.63) is 0 Å². The Balaban J connectivity index is 2.32. The lowest BCUT2D eigenvalue weighted by molar-refractivity contribution is 0.243. The van der Waals surface area contributed by atoms with Crippen LogP contribution in [0.1, 0.15) is 32.6 Å². The molecule has 72 valence electrons. The van der Waals surface area contributed by atoms with Gasteiger partial charge in [-0.3, -0.25) is 0 Å². The van der Waals surface area contributed by atoms with E-state index in [4.69, 9.17) is 0 Å². The van der Waals surface area contributed by atoms with Crippen LogP contribution in [0.2, 0.25) is 0 Å². The quantitative estimate of drug-likeness (QED) is 0.497. The Morgan fingerprint density at radius 1 is 1.08 bits per heavy atom. The van der Waals surface area contributed by atoms with Crippen LogP contribution in [0.15, 0.2) is 0 Å². The van der Waals surface area contributed by atoms with Gasteiger partial charge in [-0.05, 0) is 30.6 Å². The van der Waals surface area contributed by atoms with Crippen LogP contribution in [0.25, 0.3) is 0 Å². The molecular weight excluding hydrogens is 374 g/mol. The number of hydrogen-bond acceptors (Lipinski definition) is 0. The Bertz CT molecular complexity index is 113. The van der Waals surface area contributed by atoms with Crippen LogP contribution in [-0.4, -0.2) is 8.86 Å². The lowest BCUT2D eigenvalue weighted by atomic mass is 9.78. The summed E-state index contributed by atoms with van der Waals surface area (Å²) in [6.07, 6.45) is 5.96. The van der Waals surface area contributed by atoms with Gasteiger partial charge in [0.25, 0.3) is 0 Å². The van der Waals surface area contributed by atoms with E-state index in [1.54, 1.807) is 0 Å². The van der Waals surface area contributed by atoms with Gasteiger partial charge in [-0.25, -0.2) is 0 Å². The van der Waals surface area contributed by atoms with Crippen molar-refractivity contribution in [1.29, 1.82) is 0 Å². The third-order valence-corrected chi connectivity index (χ3v) is 5.39. The lowest BCUT2D eigenvalue weighted by Crippen LogP contribution is -2.22. The molecule has 0 N–H and O–H groups in total. The van der Waals surface area contributed by atoms with Gasteiger partial charge in [-0.2, -0.15) is 0 Å². The van der Waals surface area contributed by atoms with Crippen LogP contribution in [-0.2, 0) is 0 Å². The van der Waals surface area contributed by atoms with Gasteiger partial charge in [-0.1, -0.05) is 64.9 Å². The fourth-order valence-corrected chi connectivity index (χ4v) is 5.30. The Hall–Kier alpha value is 1.46. The zero-order chi connectivity index (χ0) is 8.97. The molecule has 0 atom stereocenters. The largest absolute Gasteiger partial charge is 0.0860 e. The molecular formula is C10H18I2. The highest BCUT2D eigenvalue weighted by Crippen LogP contribution is 2.34. The molecule has 0 spiro atoms. The summed E-state index contributed by atoms with van der Waals surface area (Å²) in [6, 6.07) is 0. The topological polar surface area (TPSA) is 0 Å². The van der Waals surface area contributed by atoms with Crippen molar-refractivity contribution in [2.24, 2.45) is 17.8 Å². The Kier molecular flexibility index (Phi) is 5.81. The molecule has 0 nitrogen and oxygen atoms in total. The van der Waals surface area contributed by atoms with Crippen LogP contribution in [0.5, 0.6) is 0 Å². The minimum Gasteiger partial charge on any atom is -0.0860 e. The predicted molar refractivity (Wildman–Crippen MR) is 72.4 cm³/mol. The minimum absolute atomic E-state index is 0.999. The first-order chi connectivity index (χ1) is 5.77. The van der Waals surface area contributed by atoms with Crippen molar-refractivity contribution in [1.82, 2.24) is 0 Å². The third-order valence-electron chi connectivity index (χ3n) is 3.12. The molecule has 0 aromatic carbocycles. The molecule has 2 heteroatoms. The Morgan fingerprint density at radius 2 is 1.58 bits per heavy atom. The maximum Gasteiger partial charge on any atom is 0.00336 e. The predicted octanol–water partition coefficient (Wildman–Crippen LogP) is 4.30. The highest BCUT2D eigenvalue weighted by atomic mass is 127. The van der Waals surface area contributed by atoms with Crippen molar-refractivity contribution in [2.45, 2.75) is 32.6 Å². The second-order valence-corrected chi connectivity index (χ2v) is 5.85. The molecule has 1 fully saturated rings. The summed E-state index contributed by atoms with van der Waals surface area (Å²) >= 11 is 5.10. The highest BCUT2D eigenvalue weighted by molar-refractivity contribution is 14.1. The molecule has 0 saturated heterocycles. The molecule has 0 bridgehead atoms. The van der Waals surface area contributed by atoms with E-state index in [0.717, 1.165) is 17.8 Å². The summed E-state index contributed by atoms with van der Waals surface area (Å²) in [5.41, 5.74) is 0. The molecule has 0 aliphatic heterocycles. The summed E-state index contributed by atoms with van der Waals surface area (Å²) in [4.78, 5) is 0. The monoisotopic (exact) mass is 392 g/mol. The van der Waals surface area contributed by atoms with Gasteiger partial charge in [0.2, 0.25) is 0 Å². The lowest BCUT2D eigenvalue weighted by Gasteiger charge is -2.30. The van der Waals surface area contributed by atoms with E-state index in [9.17, 15) is 0 Å². The molecule has 1 aliphatic carbocycles. The summed E-state index contributed by atoms with van der Waals surface area (Å²) in [5, 5.41) is 0. The normalized spacial score (nSPS) is 31.0. The molecule has 0 unspecified atom stereocenters. The zero-order valence-electron chi connectivity index (χ0n) is 7.73. The van der Waals surface area contributed by atoms with Crippen molar-refractivity contribution < 1.29 is 0 Å². The molecule has 12 heavy (non-hydrogen) atoms. The fourth-order valence-electron chi connectivity index (χ4n) is 2.05. The van der Waals surface area contributed by atoms with E-state index in [1.807, 2.05) is 0 Å². The van der Waals surface area contributed by atoms with Gasteiger partial charge in [0.15, 0.2) is 0 Å². The average molecular weight is 392 g/mol. The Labute approximate surface area is 104 Å². The molecule has 0 heterocycles. The average Bonchev–Trinajstić information content (AvgIpc) is 2.10. The number of halogens is 2. The first-order valence-corrected chi connectivity index (χ1v) is 7.95. The van der Waals surface area contributed by atoms with E-state index in [2.05, 4.69) is 52.1 Å². The molecule has 0 radical (unpaired) electrons. The zero-order valence-corrected chi connectivity index (χ0v) is 12.0. The van der Waals surface area contributed by atoms with Crippen molar-refractivity contribution in [2.75, 3.05) is 8.86 Å². The van der Waals surface area contributed by atoms with E-state index in [1.165, 1.54) is 34.5 Å². The van der Waals surface area contributed by atoms with E-state index in [0.29, 0.717) is 0 Å². The third kappa shape index (κ3) is 3.31. The van der Waals surface area contributed by atoms with Gasteiger partial charge in [0, 0.05) is 8.86 Å². The maximum atomic E-state index is 2.55. The number of alkyl halides is 2. The fraction of sp³-hybridized carbons (Fsp3) is 1.00. The highest BCUT2D eigenvalue weighted by Gasteiger charge is 2.24. The van der Waals surface area contributed by atoms with Crippen LogP contribution >= 0.6 is 45.2 Å². The molecule has 0 amide bonds. The van der Waals surface area contributed by atoms with E-state index < -0.39 is 0 Å². The molecule has 0 aromatic rings. The van der Waals surface area contributed by atoms with Crippen LogP contribution in [0.4, 0.5) is 0 Å². The molecule has 1 aliphatic rings. The summed E-state index contributed by atoms with van der Waals surface area (Å²) in [7, 11) is 0. The standard InChI is InChI=1S/C10H18I2/c1-8-2-4-9(5-3-8)10(6-11)7-12/h8-10H,2-7H2,1H3. The number of hydrogen-bond donors (Lipinski definition) is 0. The van der Waals surface area contributed by atoms with E-state index in [-0.39, 0.29) is 0 Å². The SMILES string of the molecule is CC1CCC(C(CI)CI)CC1. The Morgan fingerprint density at radius 3 is 2.00 bits per heavy atom. The summed E-state index contributed by atoms with van der Waals surface area (Å²) < 4.78 is 2.72. The van der Waals surface area contributed by atoms with E-state index >= 15 is 0 Å². The first-order valence-electron chi connectivity index (χ1n) is 4.89. The minimum atomic E-state index is 0.999. The molecule has 1 rings (SSSR count). The second kappa shape index (κ2) is 6.04. The van der Waals surface area contributed by atoms with Crippen LogP contribution in [0.3, 0.4) is 0 Å². The van der Waals surface area contributed by atoms with Crippen molar-refractivity contribution >= 4 is 45.2 Å². The molecule has 0 aromatic heterocycles. The summed E-state index contributed by atoms with van der Waals surface area (Å²) in [5.74, 6) is 3.05.